The molecule has 1 unspecified atom stereocenters. The molecule has 0 heterocycles. The van der Waals surface area contributed by atoms with Crippen molar-refractivity contribution in [1.29, 1.82) is 0 Å². The summed E-state index contributed by atoms with van der Waals surface area (Å²) in [6.45, 7) is 4.13. The molecule has 0 bridgehead atoms. The van der Waals surface area contributed by atoms with E-state index in [9.17, 15) is 0 Å². The van der Waals surface area contributed by atoms with Gasteiger partial charge in [0.2, 0.25) is 0 Å². The lowest BCUT2D eigenvalue weighted by Crippen LogP contribution is -2.10. The molecule has 2 rings (SSSR count). The van der Waals surface area contributed by atoms with Crippen molar-refractivity contribution in [3.8, 4) is 0 Å². The fourth-order valence-corrected chi connectivity index (χ4v) is 2.58. The van der Waals surface area contributed by atoms with Crippen LogP contribution in [0.25, 0.3) is 0 Å². The van der Waals surface area contributed by atoms with Crippen LogP contribution in [0.15, 0.2) is 36.4 Å². The molecule has 106 valence electrons. The summed E-state index contributed by atoms with van der Waals surface area (Å²) in [4.78, 5) is 0. The van der Waals surface area contributed by atoms with Crippen LogP contribution in [0.3, 0.4) is 0 Å². The first-order chi connectivity index (χ1) is 9.52. The second-order valence-electron chi connectivity index (χ2n) is 4.69. The minimum absolute atomic E-state index is 0.168. The maximum atomic E-state index is 6.15. The summed E-state index contributed by atoms with van der Waals surface area (Å²) in [6.07, 6.45) is 0.934. The van der Waals surface area contributed by atoms with Crippen LogP contribution in [0.4, 0.5) is 5.69 Å². The van der Waals surface area contributed by atoms with E-state index in [-0.39, 0.29) is 6.04 Å². The van der Waals surface area contributed by atoms with Crippen molar-refractivity contribution in [3.05, 3.63) is 62.6 Å². The second-order valence-corrected chi connectivity index (χ2v) is 5.91. The Bertz CT molecular complexity index is 611. The summed E-state index contributed by atoms with van der Waals surface area (Å²) in [6, 6.07) is 11.8. The predicted molar refractivity (Wildman–Crippen MR) is 89.3 cm³/mol. The molecule has 0 aliphatic carbocycles. The lowest BCUT2D eigenvalue weighted by atomic mass is 10.0. The Morgan fingerprint density at radius 2 is 1.75 bits per heavy atom. The largest absolute Gasteiger partial charge is 0.378 e. The molecule has 0 spiro atoms. The van der Waals surface area contributed by atoms with Gasteiger partial charge in [0.25, 0.3) is 0 Å². The Balaban J connectivity index is 2.28. The Kier molecular flexibility index (Phi) is 5.20. The number of hydrogen-bond donors (Lipinski definition) is 1. The van der Waals surface area contributed by atoms with Gasteiger partial charge in [-0.3, -0.25) is 0 Å². The third kappa shape index (κ3) is 3.41. The molecule has 0 radical (unpaired) electrons. The number of hydrogen-bond acceptors (Lipinski definition) is 1. The van der Waals surface area contributed by atoms with E-state index in [0.717, 1.165) is 28.3 Å². The lowest BCUT2D eigenvalue weighted by Gasteiger charge is -2.21. The summed E-state index contributed by atoms with van der Waals surface area (Å²) in [5.41, 5.74) is 3.20. The monoisotopic (exact) mass is 327 g/mol. The molecule has 0 aliphatic heterocycles. The van der Waals surface area contributed by atoms with Gasteiger partial charge >= 0.3 is 0 Å². The Morgan fingerprint density at radius 3 is 2.40 bits per heavy atom. The van der Waals surface area contributed by atoms with Crippen molar-refractivity contribution < 1.29 is 0 Å². The van der Waals surface area contributed by atoms with Crippen molar-refractivity contribution >= 4 is 40.5 Å². The van der Waals surface area contributed by atoms with Crippen molar-refractivity contribution in [2.45, 2.75) is 26.3 Å². The molecule has 2 aromatic rings. The van der Waals surface area contributed by atoms with Crippen molar-refractivity contribution in [3.63, 3.8) is 0 Å². The summed E-state index contributed by atoms with van der Waals surface area (Å²) < 4.78 is 0. The van der Waals surface area contributed by atoms with E-state index in [4.69, 9.17) is 34.8 Å². The highest BCUT2D eigenvalue weighted by molar-refractivity contribution is 6.42. The van der Waals surface area contributed by atoms with Gasteiger partial charge in [-0.1, -0.05) is 53.9 Å². The molecule has 1 nitrogen and oxygen atoms in total. The molecule has 0 aliphatic rings. The van der Waals surface area contributed by atoms with E-state index in [1.165, 1.54) is 0 Å². The van der Waals surface area contributed by atoms with Crippen LogP contribution in [0, 0.1) is 6.92 Å². The van der Waals surface area contributed by atoms with Crippen molar-refractivity contribution in [2.75, 3.05) is 5.32 Å². The van der Waals surface area contributed by atoms with Crippen LogP contribution in [0.5, 0.6) is 0 Å². The van der Waals surface area contributed by atoms with Gasteiger partial charge in [0.1, 0.15) is 0 Å². The molecule has 1 N–H and O–H groups in total. The maximum Gasteiger partial charge on any atom is 0.0595 e. The van der Waals surface area contributed by atoms with E-state index >= 15 is 0 Å². The zero-order valence-electron chi connectivity index (χ0n) is 11.4. The molecule has 2 aromatic carbocycles. The topological polar surface area (TPSA) is 12.0 Å². The third-order valence-electron chi connectivity index (χ3n) is 3.35. The van der Waals surface area contributed by atoms with Gasteiger partial charge in [0.15, 0.2) is 0 Å². The molecule has 4 heteroatoms. The van der Waals surface area contributed by atoms with Crippen LogP contribution < -0.4 is 5.32 Å². The van der Waals surface area contributed by atoms with E-state index in [1.54, 1.807) is 0 Å². The summed E-state index contributed by atoms with van der Waals surface area (Å²) in [5.74, 6) is 0. The number of benzene rings is 2. The highest BCUT2D eigenvalue weighted by atomic mass is 35.5. The van der Waals surface area contributed by atoms with Gasteiger partial charge in [-0.2, -0.15) is 0 Å². The number of nitrogens with one attached hydrogen (secondary N) is 1. The molecule has 0 aromatic heterocycles. The number of halogens is 3. The quantitative estimate of drug-likeness (QED) is 0.673. The lowest BCUT2D eigenvalue weighted by molar-refractivity contribution is 0.748. The smallest absolute Gasteiger partial charge is 0.0595 e. The van der Waals surface area contributed by atoms with E-state index < -0.39 is 0 Å². The second kappa shape index (κ2) is 6.71. The average molecular weight is 329 g/mol. The van der Waals surface area contributed by atoms with Crippen LogP contribution in [-0.2, 0) is 0 Å². The Hall–Kier alpha value is -0.890. The van der Waals surface area contributed by atoms with E-state index in [2.05, 4.69) is 12.2 Å². The molecule has 0 saturated carbocycles. The number of rotatable bonds is 4. The molecule has 0 amide bonds. The highest BCUT2D eigenvalue weighted by Gasteiger charge is 2.12. The predicted octanol–water partition coefficient (Wildman–Crippen LogP) is 6.52. The van der Waals surface area contributed by atoms with Gasteiger partial charge in [0.05, 0.1) is 16.1 Å². The van der Waals surface area contributed by atoms with Crippen molar-refractivity contribution in [1.82, 2.24) is 0 Å². The standard InChI is InChI=1S/C16H16Cl3N/c1-3-15(11-7-8-13(18)14(19)9-11)20-16-6-4-5-12(17)10(16)2/h4-9,15,20H,3H2,1-2H3. The third-order valence-corrected chi connectivity index (χ3v) is 4.50. The Morgan fingerprint density at radius 1 is 1.00 bits per heavy atom. The summed E-state index contributed by atoms with van der Waals surface area (Å²) >= 11 is 18.2. The summed E-state index contributed by atoms with van der Waals surface area (Å²) in [7, 11) is 0. The van der Waals surface area contributed by atoms with E-state index in [0.29, 0.717) is 10.0 Å². The highest BCUT2D eigenvalue weighted by Crippen LogP contribution is 2.31. The fraction of sp³-hybridized carbons (Fsp3) is 0.250. The van der Waals surface area contributed by atoms with E-state index in [1.807, 2.05) is 43.3 Å². The first-order valence-electron chi connectivity index (χ1n) is 6.49. The molecule has 0 saturated heterocycles. The molecular weight excluding hydrogens is 313 g/mol. The van der Waals surface area contributed by atoms with Gasteiger partial charge in [0, 0.05) is 10.7 Å². The van der Waals surface area contributed by atoms with Crippen LogP contribution >= 0.6 is 34.8 Å². The SMILES string of the molecule is CCC(Nc1cccc(Cl)c1C)c1ccc(Cl)c(Cl)c1. The van der Waals surface area contributed by atoms with Crippen LogP contribution in [0.2, 0.25) is 15.1 Å². The minimum atomic E-state index is 0.168. The number of anilines is 1. The zero-order valence-corrected chi connectivity index (χ0v) is 13.7. The van der Waals surface area contributed by atoms with Gasteiger partial charge in [-0.25, -0.2) is 0 Å². The first kappa shape index (κ1) is 15.5. The van der Waals surface area contributed by atoms with Gasteiger partial charge in [-0.05, 0) is 48.7 Å². The first-order valence-corrected chi connectivity index (χ1v) is 7.63. The van der Waals surface area contributed by atoms with Crippen molar-refractivity contribution in [2.24, 2.45) is 0 Å². The minimum Gasteiger partial charge on any atom is -0.378 e. The van der Waals surface area contributed by atoms with Gasteiger partial charge < -0.3 is 5.32 Å². The molecule has 20 heavy (non-hydrogen) atoms. The van der Waals surface area contributed by atoms with Gasteiger partial charge in [-0.15, -0.1) is 0 Å². The molecular formula is C16H16Cl3N. The maximum absolute atomic E-state index is 6.15. The normalized spacial score (nSPS) is 12.2. The fourth-order valence-electron chi connectivity index (χ4n) is 2.10. The van der Waals surface area contributed by atoms with Crippen LogP contribution in [0.1, 0.15) is 30.5 Å². The average Bonchev–Trinajstić information content (AvgIpc) is 2.44. The zero-order chi connectivity index (χ0) is 14.7. The molecule has 0 fully saturated rings. The van der Waals surface area contributed by atoms with Crippen LogP contribution in [-0.4, -0.2) is 0 Å². The molecule has 1 atom stereocenters. The Labute approximate surface area is 134 Å². The summed E-state index contributed by atoms with van der Waals surface area (Å²) in [5, 5.41) is 5.43.